The third kappa shape index (κ3) is 3.84. The highest BCUT2D eigenvalue weighted by Crippen LogP contribution is 2.26. The molecule has 1 saturated heterocycles. The van der Waals surface area contributed by atoms with E-state index in [1.807, 2.05) is 0 Å². The van der Waals surface area contributed by atoms with Crippen LogP contribution in [0, 0.1) is 17.6 Å². The Morgan fingerprint density at radius 2 is 2.10 bits per heavy atom. The Kier molecular flexibility index (Phi) is 6.38. The van der Waals surface area contributed by atoms with E-state index in [0.717, 1.165) is 25.0 Å². The largest absolute Gasteiger partial charge is 0.334 e. The highest BCUT2D eigenvalue weighted by molar-refractivity contribution is 6.30. The minimum atomic E-state index is -0.809. The van der Waals surface area contributed by atoms with Gasteiger partial charge in [-0.05, 0) is 30.9 Å². The predicted octanol–water partition coefficient (Wildman–Crippen LogP) is 3.24. The molecule has 1 fully saturated rings. The monoisotopic (exact) mass is 338 g/mol. The first-order valence-corrected chi connectivity index (χ1v) is 6.97. The Hall–Kier alpha value is -0.910. The van der Waals surface area contributed by atoms with Crippen molar-refractivity contribution < 1.29 is 13.6 Å². The minimum Gasteiger partial charge on any atom is -0.334 e. The molecule has 0 aromatic heterocycles. The van der Waals surface area contributed by atoms with Gasteiger partial charge in [0.2, 0.25) is 0 Å². The molecule has 0 aliphatic carbocycles. The van der Waals surface area contributed by atoms with E-state index >= 15 is 0 Å². The van der Waals surface area contributed by atoms with Gasteiger partial charge in [0, 0.05) is 19.1 Å². The summed E-state index contributed by atoms with van der Waals surface area (Å²) in [6, 6.07) is 1.55. The fourth-order valence-corrected chi connectivity index (χ4v) is 2.73. The van der Waals surface area contributed by atoms with Gasteiger partial charge < -0.3 is 10.6 Å². The van der Waals surface area contributed by atoms with Gasteiger partial charge in [-0.25, -0.2) is 8.78 Å². The zero-order valence-electron chi connectivity index (χ0n) is 11.6. The summed E-state index contributed by atoms with van der Waals surface area (Å²) in [6.07, 6.45) is 1.61. The first-order valence-electron chi connectivity index (χ1n) is 6.59. The highest BCUT2D eigenvalue weighted by Gasteiger charge is 2.31. The second-order valence-electron chi connectivity index (χ2n) is 5.26. The van der Waals surface area contributed by atoms with Gasteiger partial charge >= 0.3 is 0 Å². The fourth-order valence-electron chi connectivity index (χ4n) is 2.58. The van der Waals surface area contributed by atoms with Crippen LogP contribution in [-0.2, 0) is 0 Å². The Balaban J connectivity index is 0.00000220. The van der Waals surface area contributed by atoms with E-state index in [1.54, 1.807) is 0 Å². The van der Waals surface area contributed by atoms with Crippen molar-refractivity contribution in [3.05, 3.63) is 34.4 Å². The predicted molar refractivity (Wildman–Crippen MR) is 80.9 cm³/mol. The number of amides is 1. The number of likely N-dealkylation sites (tertiary alicyclic amines) is 1. The first-order chi connectivity index (χ1) is 9.43. The number of carbonyl (C=O) groups is 1. The molecule has 7 heteroatoms. The Bertz CT molecular complexity index is 528. The summed E-state index contributed by atoms with van der Waals surface area (Å²) >= 11 is 5.49. The molecule has 3 nitrogen and oxygen atoms in total. The summed E-state index contributed by atoms with van der Waals surface area (Å²) in [7, 11) is 0. The number of nitrogens with two attached hydrogens (primary N) is 1. The number of rotatable bonds is 2. The number of halogens is 4. The molecule has 1 aromatic carbocycles. The van der Waals surface area contributed by atoms with Crippen LogP contribution in [0.5, 0.6) is 0 Å². The molecule has 0 bridgehead atoms. The lowest BCUT2D eigenvalue weighted by Gasteiger charge is -2.38. The molecule has 0 spiro atoms. The van der Waals surface area contributed by atoms with Crippen LogP contribution in [0.15, 0.2) is 12.1 Å². The molecule has 2 N–H and O–H groups in total. The van der Waals surface area contributed by atoms with Gasteiger partial charge in [-0.2, -0.15) is 0 Å². The average Bonchev–Trinajstić information content (AvgIpc) is 2.42. The molecule has 0 radical (unpaired) electrons. The van der Waals surface area contributed by atoms with E-state index in [2.05, 4.69) is 6.92 Å². The summed E-state index contributed by atoms with van der Waals surface area (Å²) in [5.74, 6) is -1.67. The topological polar surface area (TPSA) is 46.3 Å². The van der Waals surface area contributed by atoms with Crippen molar-refractivity contribution in [1.82, 2.24) is 4.90 Å². The second-order valence-corrected chi connectivity index (χ2v) is 5.67. The average molecular weight is 339 g/mol. The molecule has 1 heterocycles. The molecule has 1 aliphatic rings. The normalized spacial score (nSPS) is 21.9. The third-order valence-corrected chi connectivity index (χ3v) is 4.04. The van der Waals surface area contributed by atoms with Gasteiger partial charge in [0.25, 0.3) is 5.91 Å². The quantitative estimate of drug-likeness (QED) is 0.841. The van der Waals surface area contributed by atoms with E-state index in [-0.39, 0.29) is 29.0 Å². The number of hydrogen-bond acceptors (Lipinski definition) is 2. The van der Waals surface area contributed by atoms with Crippen LogP contribution in [0.3, 0.4) is 0 Å². The van der Waals surface area contributed by atoms with E-state index in [4.69, 9.17) is 17.3 Å². The van der Waals surface area contributed by atoms with Crippen LogP contribution in [0.4, 0.5) is 8.78 Å². The zero-order chi connectivity index (χ0) is 14.9. The molecular formula is C14H18Cl2F2N2O. The van der Waals surface area contributed by atoms with Gasteiger partial charge in [0.05, 0.1) is 10.6 Å². The standard InChI is InChI=1S/C14H17ClF2N2O.ClH/c1-8-2-3-19(9(4-8)7-18)14(20)10-5-13(17)11(15)6-12(10)16;/h5-6,8-9H,2-4,7,18H2,1H3;1H. The van der Waals surface area contributed by atoms with Crippen LogP contribution in [0.1, 0.15) is 30.1 Å². The van der Waals surface area contributed by atoms with Crippen LogP contribution in [0.25, 0.3) is 0 Å². The van der Waals surface area contributed by atoms with Crippen molar-refractivity contribution >= 4 is 29.9 Å². The van der Waals surface area contributed by atoms with E-state index < -0.39 is 17.5 Å². The van der Waals surface area contributed by atoms with Crippen molar-refractivity contribution in [1.29, 1.82) is 0 Å². The third-order valence-electron chi connectivity index (χ3n) is 3.75. The van der Waals surface area contributed by atoms with Crippen molar-refractivity contribution in [3.8, 4) is 0 Å². The van der Waals surface area contributed by atoms with Gasteiger partial charge in [0.15, 0.2) is 0 Å². The summed E-state index contributed by atoms with van der Waals surface area (Å²) < 4.78 is 27.2. The van der Waals surface area contributed by atoms with Crippen molar-refractivity contribution in [2.24, 2.45) is 11.7 Å². The number of nitrogens with zero attached hydrogens (tertiary/aromatic N) is 1. The Labute approximate surface area is 133 Å². The van der Waals surface area contributed by atoms with Gasteiger partial charge in [-0.1, -0.05) is 18.5 Å². The fraction of sp³-hybridized carbons (Fsp3) is 0.500. The minimum absolute atomic E-state index is 0. The zero-order valence-corrected chi connectivity index (χ0v) is 13.2. The maximum atomic E-state index is 13.8. The maximum Gasteiger partial charge on any atom is 0.257 e. The SMILES string of the molecule is CC1CCN(C(=O)c2cc(F)c(Cl)cc2F)C(CN)C1.Cl. The summed E-state index contributed by atoms with van der Waals surface area (Å²) in [5, 5.41) is -0.332. The van der Waals surface area contributed by atoms with E-state index in [1.165, 1.54) is 4.90 Å². The van der Waals surface area contributed by atoms with Crippen LogP contribution < -0.4 is 5.73 Å². The molecule has 21 heavy (non-hydrogen) atoms. The molecule has 2 atom stereocenters. The Morgan fingerprint density at radius 1 is 1.43 bits per heavy atom. The summed E-state index contributed by atoms with van der Waals surface area (Å²) in [5.41, 5.74) is 5.39. The lowest BCUT2D eigenvalue weighted by molar-refractivity contribution is 0.0568. The number of piperidine rings is 1. The van der Waals surface area contributed by atoms with Gasteiger partial charge in [-0.15, -0.1) is 12.4 Å². The van der Waals surface area contributed by atoms with Crippen LogP contribution in [0.2, 0.25) is 5.02 Å². The molecular weight excluding hydrogens is 321 g/mol. The van der Waals surface area contributed by atoms with Gasteiger partial charge in [0.1, 0.15) is 11.6 Å². The molecule has 118 valence electrons. The lowest BCUT2D eigenvalue weighted by atomic mass is 9.92. The maximum absolute atomic E-state index is 13.8. The van der Waals surface area contributed by atoms with Crippen molar-refractivity contribution in [2.45, 2.75) is 25.8 Å². The van der Waals surface area contributed by atoms with Crippen molar-refractivity contribution in [3.63, 3.8) is 0 Å². The number of hydrogen-bond donors (Lipinski definition) is 1. The number of benzene rings is 1. The summed E-state index contributed by atoms with van der Waals surface area (Å²) in [4.78, 5) is 13.9. The smallest absolute Gasteiger partial charge is 0.257 e. The molecule has 2 unspecified atom stereocenters. The highest BCUT2D eigenvalue weighted by atomic mass is 35.5. The molecule has 1 aromatic rings. The van der Waals surface area contributed by atoms with Crippen LogP contribution >= 0.6 is 24.0 Å². The Morgan fingerprint density at radius 3 is 2.71 bits per heavy atom. The van der Waals surface area contributed by atoms with E-state index in [9.17, 15) is 13.6 Å². The van der Waals surface area contributed by atoms with E-state index in [0.29, 0.717) is 19.0 Å². The molecule has 0 saturated carbocycles. The lowest BCUT2D eigenvalue weighted by Crippen LogP contribution is -2.49. The first kappa shape index (κ1) is 18.1. The molecule has 1 amide bonds. The number of carbonyl (C=O) groups excluding carboxylic acids is 1. The van der Waals surface area contributed by atoms with Gasteiger partial charge in [-0.3, -0.25) is 4.79 Å². The second kappa shape index (κ2) is 7.38. The van der Waals surface area contributed by atoms with Crippen LogP contribution in [-0.4, -0.2) is 29.9 Å². The summed E-state index contributed by atoms with van der Waals surface area (Å²) in [6.45, 7) is 2.91. The molecule has 1 aliphatic heterocycles. The van der Waals surface area contributed by atoms with Crippen molar-refractivity contribution in [2.75, 3.05) is 13.1 Å². The molecule has 2 rings (SSSR count).